The van der Waals surface area contributed by atoms with Gasteiger partial charge in [-0.05, 0) is 47.7 Å². The van der Waals surface area contributed by atoms with Crippen molar-refractivity contribution >= 4 is 11.6 Å². The molecule has 132 valence electrons. The zero-order chi connectivity index (χ0) is 18.6. The largest absolute Gasteiger partial charge is 0.312 e. The van der Waals surface area contributed by atoms with Crippen LogP contribution in [0, 0.1) is 17.2 Å². The van der Waals surface area contributed by atoms with Crippen molar-refractivity contribution in [2.75, 3.05) is 11.4 Å². The Morgan fingerprint density at radius 2 is 1.63 bits per heavy atom. The molecule has 0 unspecified atom stereocenters. The molecule has 2 atom stereocenters. The monoisotopic (exact) mass is 352 g/mol. The number of nitrogens with zero attached hydrogens (tertiary/aromatic N) is 2. The number of para-hydroxylation sites is 1. The molecule has 1 aliphatic rings. The number of nitriles is 1. The van der Waals surface area contributed by atoms with Gasteiger partial charge in [-0.2, -0.15) is 5.26 Å². The van der Waals surface area contributed by atoms with E-state index in [0.29, 0.717) is 12.1 Å². The normalized spacial score (nSPS) is 19.1. The number of amides is 1. The fourth-order valence-electron chi connectivity index (χ4n) is 3.97. The molecule has 3 aromatic rings. The first kappa shape index (κ1) is 17.1. The second-order valence-electron chi connectivity index (χ2n) is 6.95. The van der Waals surface area contributed by atoms with Crippen molar-refractivity contribution in [3.8, 4) is 6.07 Å². The van der Waals surface area contributed by atoms with Gasteiger partial charge in [-0.25, -0.2) is 0 Å². The number of carbonyl (C=O) groups excluding carboxylic acids is 1. The molecule has 1 heterocycles. The van der Waals surface area contributed by atoms with Crippen LogP contribution in [-0.4, -0.2) is 12.5 Å². The van der Waals surface area contributed by atoms with Gasteiger partial charge in [-0.3, -0.25) is 4.79 Å². The summed E-state index contributed by atoms with van der Waals surface area (Å²) in [4.78, 5) is 15.2. The Balaban J connectivity index is 1.68. The zero-order valence-corrected chi connectivity index (χ0v) is 15.0. The van der Waals surface area contributed by atoms with Crippen LogP contribution in [0.3, 0.4) is 0 Å². The van der Waals surface area contributed by atoms with E-state index in [-0.39, 0.29) is 17.7 Å². The van der Waals surface area contributed by atoms with E-state index in [9.17, 15) is 10.1 Å². The summed E-state index contributed by atoms with van der Waals surface area (Å²) in [5.74, 6) is 0.139. The second kappa shape index (κ2) is 7.47. The van der Waals surface area contributed by atoms with Crippen LogP contribution in [0.2, 0.25) is 0 Å². The number of benzene rings is 3. The minimum Gasteiger partial charge on any atom is -0.312 e. The molecule has 0 aromatic heterocycles. The van der Waals surface area contributed by atoms with E-state index in [1.807, 2.05) is 89.8 Å². The van der Waals surface area contributed by atoms with Crippen molar-refractivity contribution < 1.29 is 4.79 Å². The molecule has 0 bridgehead atoms. The van der Waals surface area contributed by atoms with E-state index < -0.39 is 0 Å². The summed E-state index contributed by atoms with van der Waals surface area (Å²) in [7, 11) is 0. The number of hydrogen-bond acceptors (Lipinski definition) is 2. The molecule has 0 saturated carbocycles. The Labute approximate surface area is 159 Å². The maximum Gasteiger partial charge on any atom is 0.234 e. The summed E-state index contributed by atoms with van der Waals surface area (Å²) in [6, 6.07) is 29.8. The molecule has 0 radical (unpaired) electrons. The van der Waals surface area contributed by atoms with Crippen molar-refractivity contribution in [2.45, 2.75) is 12.3 Å². The van der Waals surface area contributed by atoms with Gasteiger partial charge < -0.3 is 4.90 Å². The van der Waals surface area contributed by atoms with Crippen LogP contribution < -0.4 is 4.90 Å². The summed E-state index contributed by atoms with van der Waals surface area (Å²) < 4.78 is 0. The van der Waals surface area contributed by atoms with Crippen LogP contribution >= 0.6 is 0 Å². The van der Waals surface area contributed by atoms with Crippen molar-refractivity contribution in [3.05, 3.63) is 102 Å². The molecule has 3 aromatic carbocycles. The van der Waals surface area contributed by atoms with Crippen LogP contribution in [0.4, 0.5) is 5.69 Å². The summed E-state index contributed by atoms with van der Waals surface area (Å²) in [5.41, 5.74) is 3.76. The highest BCUT2D eigenvalue weighted by atomic mass is 16.2. The minimum atomic E-state index is -0.169. The molecule has 1 amide bonds. The van der Waals surface area contributed by atoms with E-state index in [0.717, 1.165) is 23.2 Å². The molecule has 3 nitrogen and oxygen atoms in total. The van der Waals surface area contributed by atoms with E-state index in [2.05, 4.69) is 6.07 Å². The number of rotatable bonds is 4. The van der Waals surface area contributed by atoms with Gasteiger partial charge in [-0.15, -0.1) is 0 Å². The quantitative estimate of drug-likeness (QED) is 0.691. The van der Waals surface area contributed by atoms with Gasteiger partial charge in [0.05, 0.1) is 17.6 Å². The predicted octanol–water partition coefficient (Wildman–Crippen LogP) is 4.55. The third-order valence-corrected chi connectivity index (χ3v) is 5.20. The van der Waals surface area contributed by atoms with Gasteiger partial charge in [0.15, 0.2) is 0 Å². The summed E-state index contributed by atoms with van der Waals surface area (Å²) in [6.07, 6.45) is 0.768. The average Bonchev–Trinajstić information content (AvgIpc) is 3.05. The lowest BCUT2D eigenvalue weighted by Gasteiger charge is -2.17. The minimum absolute atomic E-state index is 0.147. The van der Waals surface area contributed by atoms with Crippen molar-refractivity contribution in [1.82, 2.24) is 0 Å². The van der Waals surface area contributed by atoms with Crippen LogP contribution in [0.5, 0.6) is 0 Å². The Kier molecular flexibility index (Phi) is 4.72. The Morgan fingerprint density at radius 1 is 0.926 bits per heavy atom. The molecular weight excluding hydrogens is 332 g/mol. The lowest BCUT2D eigenvalue weighted by molar-refractivity contribution is -0.118. The first-order valence-corrected chi connectivity index (χ1v) is 9.16. The first-order chi connectivity index (χ1) is 13.3. The smallest absolute Gasteiger partial charge is 0.234 e. The maximum absolute atomic E-state index is 13.3. The molecule has 4 rings (SSSR count). The molecule has 1 fully saturated rings. The molecule has 1 aliphatic heterocycles. The van der Waals surface area contributed by atoms with Crippen molar-refractivity contribution in [3.63, 3.8) is 0 Å². The summed E-state index contributed by atoms with van der Waals surface area (Å²) in [5, 5.41) is 9.17. The molecule has 0 spiro atoms. The highest BCUT2D eigenvalue weighted by molar-refractivity contribution is 6.00. The van der Waals surface area contributed by atoms with Gasteiger partial charge in [0.1, 0.15) is 0 Å². The lowest BCUT2D eigenvalue weighted by atomic mass is 9.84. The number of hydrogen-bond donors (Lipinski definition) is 0. The van der Waals surface area contributed by atoms with Crippen LogP contribution in [0.1, 0.15) is 22.6 Å². The van der Waals surface area contributed by atoms with E-state index in [1.165, 1.54) is 0 Å². The Morgan fingerprint density at radius 3 is 2.33 bits per heavy atom. The zero-order valence-electron chi connectivity index (χ0n) is 15.0. The highest BCUT2D eigenvalue weighted by Gasteiger charge is 2.41. The highest BCUT2D eigenvalue weighted by Crippen LogP contribution is 2.38. The lowest BCUT2D eigenvalue weighted by Crippen LogP contribution is -2.26. The van der Waals surface area contributed by atoms with E-state index in [1.54, 1.807) is 0 Å². The third kappa shape index (κ3) is 3.47. The van der Waals surface area contributed by atoms with Crippen molar-refractivity contribution in [1.29, 1.82) is 5.26 Å². The molecule has 27 heavy (non-hydrogen) atoms. The first-order valence-electron chi connectivity index (χ1n) is 9.16. The van der Waals surface area contributed by atoms with Crippen LogP contribution in [0.15, 0.2) is 84.9 Å². The van der Waals surface area contributed by atoms with Crippen LogP contribution in [0.25, 0.3) is 0 Å². The van der Waals surface area contributed by atoms with Crippen molar-refractivity contribution in [2.24, 2.45) is 5.92 Å². The third-order valence-electron chi connectivity index (χ3n) is 5.20. The second-order valence-corrected chi connectivity index (χ2v) is 6.95. The topological polar surface area (TPSA) is 44.1 Å². The molecule has 3 heteroatoms. The molecule has 0 N–H and O–H groups in total. The van der Waals surface area contributed by atoms with Gasteiger partial charge >= 0.3 is 0 Å². The Hall–Kier alpha value is -3.38. The fourth-order valence-corrected chi connectivity index (χ4v) is 3.97. The molecule has 1 saturated heterocycles. The summed E-state index contributed by atoms with van der Waals surface area (Å²) in [6.45, 7) is 0.680. The molecular formula is C24H20N2O. The van der Waals surface area contributed by atoms with E-state index >= 15 is 0 Å². The van der Waals surface area contributed by atoms with Gasteiger partial charge in [-0.1, -0.05) is 60.7 Å². The van der Waals surface area contributed by atoms with E-state index in [4.69, 9.17) is 0 Å². The SMILES string of the molecule is N#Cc1cccc(C[C@@H]2CN(c3ccccc3)C(=O)[C@H]2c2ccccc2)c1. The predicted molar refractivity (Wildman–Crippen MR) is 106 cm³/mol. The Bertz CT molecular complexity index is 976. The number of carbonyl (C=O) groups is 1. The van der Waals surface area contributed by atoms with Gasteiger partial charge in [0.25, 0.3) is 0 Å². The van der Waals surface area contributed by atoms with Gasteiger partial charge in [0, 0.05) is 12.2 Å². The average molecular weight is 352 g/mol. The maximum atomic E-state index is 13.3. The number of anilines is 1. The summed E-state index contributed by atoms with van der Waals surface area (Å²) >= 11 is 0. The molecule has 0 aliphatic carbocycles. The van der Waals surface area contributed by atoms with Crippen LogP contribution in [-0.2, 0) is 11.2 Å². The van der Waals surface area contributed by atoms with Gasteiger partial charge in [0.2, 0.25) is 5.91 Å². The standard InChI is InChI=1S/C24H20N2O/c25-16-19-9-7-8-18(14-19)15-21-17-26(22-12-5-2-6-13-22)24(27)23(21)20-10-3-1-4-11-20/h1-14,21,23H,15,17H2/t21-,23+/m1/s1. The fraction of sp³-hybridized carbons (Fsp3) is 0.167.